The smallest absolute Gasteiger partial charge is 0.336 e. The zero-order valence-corrected chi connectivity index (χ0v) is 17.1. The molecule has 0 fully saturated rings. The minimum absolute atomic E-state index is 0.301. The number of nitrogens with zero attached hydrogens (tertiary/aromatic N) is 1. The van der Waals surface area contributed by atoms with Crippen molar-refractivity contribution in [2.24, 2.45) is 0 Å². The summed E-state index contributed by atoms with van der Waals surface area (Å²) >= 11 is 3.42. The highest BCUT2D eigenvalue weighted by atomic mass is 32.1. The summed E-state index contributed by atoms with van der Waals surface area (Å²) in [7, 11) is 0. The van der Waals surface area contributed by atoms with Gasteiger partial charge in [0, 0.05) is 34.8 Å². The van der Waals surface area contributed by atoms with Crippen molar-refractivity contribution in [2.45, 2.75) is 33.9 Å². The van der Waals surface area contributed by atoms with Crippen molar-refractivity contribution in [3.8, 4) is 10.6 Å². The number of hydrogen-bond acceptors (Lipinski definition) is 6. The largest absolute Gasteiger partial charge is 0.422 e. The first-order valence-corrected chi connectivity index (χ1v) is 10.5. The van der Waals surface area contributed by atoms with Crippen molar-refractivity contribution in [1.82, 2.24) is 10.3 Å². The second kappa shape index (κ2) is 7.38. The average Bonchev–Trinajstić information content (AvgIpc) is 3.27. The van der Waals surface area contributed by atoms with Gasteiger partial charge in [-0.05, 0) is 49.6 Å². The highest BCUT2D eigenvalue weighted by molar-refractivity contribution is 7.16. The second-order valence-corrected chi connectivity index (χ2v) is 8.83. The molecule has 4 nitrogen and oxygen atoms in total. The summed E-state index contributed by atoms with van der Waals surface area (Å²) in [5, 5.41) is 7.63. The van der Waals surface area contributed by atoms with Crippen LogP contribution in [0.4, 0.5) is 0 Å². The fourth-order valence-corrected chi connectivity index (χ4v) is 4.70. The molecule has 0 aliphatic carbocycles. The van der Waals surface area contributed by atoms with Gasteiger partial charge in [0.15, 0.2) is 0 Å². The van der Waals surface area contributed by atoms with Crippen LogP contribution in [-0.4, -0.2) is 4.98 Å². The van der Waals surface area contributed by atoms with Gasteiger partial charge in [-0.15, -0.1) is 22.7 Å². The molecule has 0 unspecified atom stereocenters. The maximum atomic E-state index is 12.0. The van der Waals surface area contributed by atoms with Gasteiger partial charge in [-0.2, -0.15) is 0 Å². The Labute approximate surface area is 165 Å². The molecular formula is C21H20N2O2S2. The van der Waals surface area contributed by atoms with Crippen LogP contribution in [0.1, 0.15) is 26.6 Å². The van der Waals surface area contributed by atoms with E-state index in [0.29, 0.717) is 12.1 Å². The van der Waals surface area contributed by atoms with E-state index in [0.717, 1.165) is 39.3 Å². The first-order chi connectivity index (χ1) is 13.0. The quantitative estimate of drug-likeness (QED) is 0.472. The number of nitrogens with one attached hydrogen (secondary N) is 1. The summed E-state index contributed by atoms with van der Waals surface area (Å²) in [6.45, 7) is 7.41. The van der Waals surface area contributed by atoms with E-state index in [1.165, 1.54) is 9.75 Å². The van der Waals surface area contributed by atoms with Gasteiger partial charge in [0.1, 0.15) is 5.58 Å². The Bertz CT molecular complexity index is 1170. The van der Waals surface area contributed by atoms with E-state index >= 15 is 0 Å². The van der Waals surface area contributed by atoms with E-state index in [1.54, 1.807) is 28.7 Å². The Morgan fingerprint density at radius 3 is 2.74 bits per heavy atom. The SMILES string of the molecule is Cc1nc(-c2ccc(CNCc3cc(=O)oc4c(C)c(C)ccc34)s2)cs1. The summed E-state index contributed by atoms with van der Waals surface area (Å²) < 4.78 is 5.45. The molecule has 1 aromatic carbocycles. The molecule has 3 heterocycles. The lowest BCUT2D eigenvalue weighted by Gasteiger charge is -2.09. The van der Waals surface area contributed by atoms with Gasteiger partial charge in [0.2, 0.25) is 0 Å². The number of thiazole rings is 1. The van der Waals surface area contributed by atoms with Crippen LogP contribution in [0.15, 0.2) is 44.9 Å². The molecule has 0 atom stereocenters. The van der Waals surface area contributed by atoms with E-state index in [-0.39, 0.29) is 5.63 Å². The van der Waals surface area contributed by atoms with E-state index in [1.807, 2.05) is 26.8 Å². The summed E-state index contributed by atoms with van der Waals surface area (Å²) in [5.74, 6) is 0. The minimum atomic E-state index is -0.301. The molecule has 6 heteroatoms. The number of benzene rings is 1. The molecule has 0 aliphatic heterocycles. The average molecular weight is 397 g/mol. The third-order valence-electron chi connectivity index (χ3n) is 4.67. The zero-order valence-electron chi connectivity index (χ0n) is 15.5. The number of rotatable bonds is 5. The lowest BCUT2D eigenvalue weighted by molar-refractivity contribution is 0.554. The number of aromatic nitrogens is 1. The first-order valence-electron chi connectivity index (χ1n) is 8.76. The molecule has 0 saturated carbocycles. The molecule has 27 heavy (non-hydrogen) atoms. The highest BCUT2D eigenvalue weighted by Gasteiger charge is 2.10. The zero-order chi connectivity index (χ0) is 19.0. The molecule has 0 amide bonds. The second-order valence-electron chi connectivity index (χ2n) is 6.60. The molecular weight excluding hydrogens is 376 g/mol. The molecule has 4 rings (SSSR count). The molecule has 0 aliphatic rings. The van der Waals surface area contributed by atoms with Gasteiger partial charge in [-0.3, -0.25) is 0 Å². The number of aryl methyl sites for hydroxylation is 3. The van der Waals surface area contributed by atoms with Gasteiger partial charge in [0.05, 0.1) is 15.6 Å². The molecule has 0 radical (unpaired) electrons. The van der Waals surface area contributed by atoms with Crippen molar-refractivity contribution < 1.29 is 4.42 Å². The summed E-state index contributed by atoms with van der Waals surface area (Å²) in [6, 6.07) is 9.94. The van der Waals surface area contributed by atoms with Crippen molar-refractivity contribution >= 4 is 33.6 Å². The van der Waals surface area contributed by atoms with Crippen LogP contribution >= 0.6 is 22.7 Å². The van der Waals surface area contributed by atoms with Crippen molar-refractivity contribution in [3.63, 3.8) is 0 Å². The maximum Gasteiger partial charge on any atom is 0.336 e. The highest BCUT2D eigenvalue weighted by Crippen LogP contribution is 2.29. The van der Waals surface area contributed by atoms with Crippen molar-refractivity contribution in [3.05, 3.63) is 72.7 Å². The standard InChI is InChI=1S/C21H20N2O2S2/c1-12-4-6-17-15(8-20(24)25-21(17)13(12)2)9-22-10-16-5-7-19(27-16)18-11-26-14(3)23-18/h4-8,11,22H,9-10H2,1-3H3. The monoisotopic (exact) mass is 396 g/mol. The Hall–Kier alpha value is -2.28. The van der Waals surface area contributed by atoms with Crippen molar-refractivity contribution in [2.75, 3.05) is 0 Å². The Balaban J connectivity index is 1.51. The topological polar surface area (TPSA) is 55.1 Å². The Kier molecular flexibility index (Phi) is 4.95. The summed E-state index contributed by atoms with van der Waals surface area (Å²) in [5.41, 5.74) is 4.55. The summed E-state index contributed by atoms with van der Waals surface area (Å²) in [6.07, 6.45) is 0. The Morgan fingerprint density at radius 2 is 1.96 bits per heavy atom. The van der Waals surface area contributed by atoms with Crippen LogP contribution < -0.4 is 10.9 Å². The maximum absolute atomic E-state index is 12.0. The molecule has 0 bridgehead atoms. The summed E-state index contributed by atoms with van der Waals surface area (Å²) in [4.78, 5) is 18.9. The van der Waals surface area contributed by atoms with Crippen LogP contribution in [0.5, 0.6) is 0 Å². The van der Waals surface area contributed by atoms with Crippen LogP contribution in [-0.2, 0) is 13.1 Å². The third kappa shape index (κ3) is 3.74. The lowest BCUT2D eigenvalue weighted by Crippen LogP contribution is -2.14. The number of thiophene rings is 1. The fraction of sp³-hybridized carbons (Fsp3) is 0.238. The van der Waals surface area contributed by atoms with Gasteiger partial charge >= 0.3 is 5.63 Å². The first kappa shape index (κ1) is 18.1. The predicted molar refractivity (Wildman–Crippen MR) is 113 cm³/mol. The fourth-order valence-electron chi connectivity index (χ4n) is 3.08. The third-order valence-corrected chi connectivity index (χ3v) is 6.55. The lowest BCUT2D eigenvalue weighted by atomic mass is 10.0. The van der Waals surface area contributed by atoms with Gasteiger partial charge < -0.3 is 9.73 Å². The van der Waals surface area contributed by atoms with Crippen molar-refractivity contribution in [1.29, 1.82) is 0 Å². The van der Waals surface area contributed by atoms with E-state index in [9.17, 15) is 4.79 Å². The van der Waals surface area contributed by atoms with Gasteiger partial charge in [-0.25, -0.2) is 9.78 Å². The molecule has 3 aromatic heterocycles. The normalized spacial score (nSPS) is 11.4. The molecule has 0 spiro atoms. The van der Waals surface area contributed by atoms with Crippen LogP contribution in [0, 0.1) is 20.8 Å². The number of fused-ring (bicyclic) bond motifs is 1. The predicted octanol–water partition coefficient (Wildman–Crippen LogP) is 5.19. The van der Waals surface area contributed by atoms with Gasteiger partial charge in [-0.1, -0.05) is 12.1 Å². The Morgan fingerprint density at radius 1 is 1.11 bits per heavy atom. The number of hydrogen-bond donors (Lipinski definition) is 1. The van der Waals surface area contributed by atoms with Crippen LogP contribution in [0.2, 0.25) is 0 Å². The molecule has 138 valence electrons. The van der Waals surface area contributed by atoms with Crippen LogP contribution in [0.3, 0.4) is 0 Å². The molecule has 4 aromatic rings. The van der Waals surface area contributed by atoms with Gasteiger partial charge in [0.25, 0.3) is 0 Å². The molecule has 1 N–H and O–H groups in total. The minimum Gasteiger partial charge on any atom is -0.422 e. The van der Waals surface area contributed by atoms with E-state index < -0.39 is 0 Å². The molecule has 0 saturated heterocycles. The van der Waals surface area contributed by atoms with E-state index in [4.69, 9.17) is 4.42 Å². The van der Waals surface area contributed by atoms with Crippen LogP contribution in [0.25, 0.3) is 21.5 Å². The van der Waals surface area contributed by atoms with E-state index in [2.05, 4.69) is 33.9 Å².